The lowest BCUT2D eigenvalue weighted by atomic mass is 10.1. The maximum Gasteiger partial charge on any atom is 0.229 e. The number of hydrogen-bond donors (Lipinski definition) is 2. The van der Waals surface area contributed by atoms with Crippen LogP contribution in [-0.4, -0.2) is 65.9 Å². The first kappa shape index (κ1) is 25.0. The van der Waals surface area contributed by atoms with E-state index >= 15 is 0 Å². The second-order valence-corrected chi connectivity index (χ2v) is 9.86. The molecule has 0 spiro atoms. The number of carbonyl (C=O) groups is 1. The molecule has 0 unspecified atom stereocenters. The minimum absolute atomic E-state index is 0.00231. The van der Waals surface area contributed by atoms with E-state index in [2.05, 4.69) is 33.1 Å². The number of aliphatic hydroxyl groups is 1. The highest BCUT2D eigenvalue weighted by atomic mass is 16.5. The highest BCUT2D eigenvalue weighted by Crippen LogP contribution is 2.36. The van der Waals surface area contributed by atoms with E-state index in [9.17, 15) is 9.90 Å². The molecule has 1 atom stereocenters. The van der Waals surface area contributed by atoms with Crippen LogP contribution in [-0.2, 0) is 4.79 Å². The van der Waals surface area contributed by atoms with Crippen molar-refractivity contribution in [3.05, 3.63) is 24.4 Å². The Morgan fingerprint density at radius 3 is 2.60 bits per heavy atom. The Bertz CT molecular complexity index is 1040. The third-order valence-corrected chi connectivity index (χ3v) is 6.81. The van der Waals surface area contributed by atoms with Gasteiger partial charge in [-0.15, -0.1) is 0 Å². The third kappa shape index (κ3) is 5.78. The van der Waals surface area contributed by atoms with Crippen molar-refractivity contribution in [1.82, 2.24) is 9.97 Å². The molecule has 4 rings (SSSR count). The molecule has 2 saturated heterocycles. The second-order valence-electron chi connectivity index (χ2n) is 9.86. The van der Waals surface area contributed by atoms with Gasteiger partial charge in [0.05, 0.1) is 24.1 Å². The van der Waals surface area contributed by atoms with Gasteiger partial charge in [0, 0.05) is 51.4 Å². The third-order valence-electron chi connectivity index (χ3n) is 6.81. The van der Waals surface area contributed by atoms with E-state index in [-0.39, 0.29) is 18.1 Å². The topological polar surface area (TPSA) is 94.1 Å². The molecule has 2 aromatic rings. The molecule has 0 saturated carbocycles. The Hall–Kier alpha value is -3.07. The number of aliphatic hydroxyl groups excluding tert-OH is 1. The van der Waals surface area contributed by atoms with Crippen LogP contribution in [0.5, 0.6) is 5.75 Å². The number of carbonyl (C=O) groups excluding carboxylic acids is 1. The van der Waals surface area contributed by atoms with Crippen LogP contribution in [0.25, 0.3) is 0 Å². The molecule has 2 aliphatic rings. The highest BCUT2D eigenvalue weighted by molar-refractivity contribution is 5.94. The minimum atomic E-state index is -0.215. The Labute approximate surface area is 208 Å². The largest absolute Gasteiger partial charge is 0.489 e. The monoisotopic (exact) mass is 482 g/mol. The molecule has 0 bridgehead atoms. The standard InChI is InChI=1S/C26H38N6O3/c1-17(2)35-24-15-20(31-13-10-21(34)11-14-31)8-9-22(24)28-26-27-16-23(30(5)19(4)33)25(29-26)32-12-6-7-18(32)3/h8-9,15-18,21,34H,6-7,10-14H2,1-5H3,(H,27,28,29)/t18-/m1/s1. The normalized spacial score (nSPS) is 18.8. The number of rotatable bonds is 7. The summed E-state index contributed by atoms with van der Waals surface area (Å²) in [5.41, 5.74) is 2.56. The number of piperidine rings is 1. The Morgan fingerprint density at radius 2 is 1.97 bits per heavy atom. The summed E-state index contributed by atoms with van der Waals surface area (Å²) in [6, 6.07) is 6.45. The number of hydrogen-bond acceptors (Lipinski definition) is 8. The van der Waals surface area contributed by atoms with Gasteiger partial charge in [0.2, 0.25) is 11.9 Å². The van der Waals surface area contributed by atoms with Gasteiger partial charge in [0.1, 0.15) is 11.4 Å². The summed E-state index contributed by atoms with van der Waals surface area (Å²) in [5, 5.41) is 13.2. The van der Waals surface area contributed by atoms with Crippen LogP contribution in [0.2, 0.25) is 0 Å². The summed E-state index contributed by atoms with van der Waals surface area (Å²) in [5.74, 6) is 1.89. The van der Waals surface area contributed by atoms with Crippen molar-refractivity contribution in [3.8, 4) is 5.75 Å². The molecule has 2 aliphatic heterocycles. The zero-order valence-electron chi connectivity index (χ0n) is 21.5. The van der Waals surface area contributed by atoms with E-state index in [1.807, 2.05) is 26.0 Å². The first-order valence-electron chi connectivity index (χ1n) is 12.6. The SMILES string of the molecule is CC(=O)N(C)c1cnc(Nc2ccc(N3CCC(O)CC3)cc2OC(C)C)nc1N1CCC[C@H]1C. The van der Waals surface area contributed by atoms with Crippen molar-refractivity contribution < 1.29 is 14.6 Å². The number of amides is 1. The molecular weight excluding hydrogens is 444 g/mol. The summed E-state index contributed by atoms with van der Waals surface area (Å²) in [4.78, 5) is 27.6. The maximum absolute atomic E-state index is 12.1. The number of ether oxygens (including phenoxy) is 1. The molecule has 9 heteroatoms. The average molecular weight is 483 g/mol. The van der Waals surface area contributed by atoms with E-state index in [0.29, 0.717) is 17.7 Å². The molecular formula is C26H38N6O3. The molecule has 3 heterocycles. The van der Waals surface area contributed by atoms with E-state index in [4.69, 9.17) is 9.72 Å². The molecule has 1 aromatic heterocycles. The fourth-order valence-corrected chi connectivity index (χ4v) is 4.70. The van der Waals surface area contributed by atoms with Crippen LogP contribution in [0, 0.1) is 0 Å². The molecule has 190 valence electrons. The lowest BCUT2D eigenvalue weighted by Crippen LogP contribution is -2.35. The molecule has 2 N–H and O–H groups in total. The van der Waals surface area contributed by atoms with Crippen molar-refractivity contribution in [2.24, 2.45) is 0 Å². The molecule has 0 radical (unpaired) electrons. The maximum atomic E-state index is 12.1. The molecule has 35 heavy (non-hydrogen) atoms. The summed E-state index contributed by atoms with van der Waals surface area (Å²) in [6.45, 7) is 10.3. The summed E-state index contributed by atoms with van der Waals surface area (Å²) >= 11 is 0. The van der Waals surface area contributed by atoms with Crippen LogP contribution >= 0.6 is 0 Å². The fraction of sp³-hybridized carbons (Fsp3) is 0.577. The van der Waals surface area contributed by atoms with Crippen molar-refractivity contribution in [2.45, 2.75) is 71.6 Å². The van der Waals surface area contributed by atoms with Crippen molar-refractivity contribution >= 4 is 34.7 Å². The van der Waals surface area contributed by atoms with Gasteiger partial charge >= 0.3 is 0 Å². The lowest BCUT2D eigenvalue weighted by molar-refractivity contribution is -0.116. The van der Waals surface area contributed by atoms with Gasteiger partial charge in [-0.2, -0.15) is 4.98 Å². The van der Waals surface area contributed by atoms with Gasteiger partial charge in [-0.1, -0.05) is 0 Å². The predicted molar refractivity (Wildman–Crippen MR) is 140 cm³/mol. The van der Waals surface area contributed by atoms with Crippen LogP contribution < -0.4 is 24.8 Å². The van der Waals surface area contributed by atoms with Gasteiger partial charge in [-0.3, -0.25) is 4.79 Å². The summed E-state index contributed by atoms with van der Waals surface area (Å²) < 4.78 is 6.15. The van der Waals surface area contributed by atoms with Crippen LogP contribution in [0.15, 0.2) is 24.4 Å². The van der Waals surface area contributed by atoms with E-state index in [0.717, 1.165) is 68.3 Å². The van der Waals surface area contributed by atoms with Gasteiger partial charge in [-0.25, -0.2) is 4.98 Å². The Kier molecular flexibility index (Phi) is 7.64. The van der Waals surface area contributed by atoms with E-state index < -0.39 is 0 Å². The van der Waals surface area contributed by atoms with Crippen molar-refractivity contribution in [2.75, 3.05) is 46.7 Å². The second kappa shape index (κ2) is 10.7. The van der Waals surface area contributed by atoms with Gasteiger partial charge in [-0.05, 0) is 58.6 Å². The first-order chi connectivity index (χ1) is 16.7. The van der Waals surface area contributed by atoms with Crippen LogP contribution in [0.1, 0.15) is 53.4 Å². The summed E-state index contributed by atoms with van der Waals surface area (Å²) in [7, 11) is 1.76. The van der Waals surface area contributed by atoms with Crippen LogP contribution in [0.3, 0.4) is 0 Å². The molecule has 2 fully saturated rings. The molecule has 1 aromatic carbocycles. The highest BCUT2D eigenvalue weighted by Gasteiger charge is 2.27. The Morgan fingerprint density at radius 1 is 1.23 bits per heavy atom. The molecule has 9 nitrogen and oxygen atoms in total. The summed E-state index contributed by atoms with van der Waals surface area (Å²) in [6.07, 6.45) is 5.24. The molecule has 0 aliphatic carbocycles. The van der Waals surface area contributed by atoms with E-state index in [1.54, 1.807) is 25.1 Å². The van der Waals surface area contributed by atoms with Crippen molar-refractivity contribution in [1.29, 1.82) is 0 Å². The average Bonchev–Trinajstić information content (AvgIpc) is 3.25. The number of nitrogens with zero attached hydrogens (tertiary/aromatic N) is 5. The Balaban J connectivity index is 1.64. The van der Waals surface area contributed by atoms with Gasteiger partial charge < -0.3 is 29.9 Å². The number of aromatic nitrogens is 2. The number of benzene rings is 1. The number of nitrogens with one attached hydrogen (secondary N) is 1. The minimum Gasteiger partial charge on any atom is -0.489 e. The molecule has 1 amide bonds. The van der Waals surface area contributed by atoms with Gasteiger partial charge in [0.25, 0.3) is 0 Å². The fourth-order valence-electron chi connectivity index (χ4n) is 4.70. The number of anilines is 5. The van der Waals surface area contributed by atoms with E-state index in [1.165, 1.54) is 0 Å². The predicted octanol–water partition coefficient (Wildman–Crippen LogP) is 3.94. The van der Waals surface area contributed by atoms with Crippen LogP contribution in [0.4, 0.5) is 28.8 Å². The first-order valence-corrected chi connectivity index (χ1v) is 12.6. The zero-order valence-corrected chi connectivity index (χ0v) is 21.5. The zero-order chi connectivity index (χ0) is 25.1. The van der Waals surface area contributed by atoms with Crippen molar-refractivity contribution in [3.63, 3.8) is 0 Å². The quantitative estimate of drug-likeness (QED) is 0.613. The smallest absolute Gasteiger partial charge is 0.229 e. The lowest BCUT2D eigenvalue weighted by Gasteiger charge is -2.32. The van der Waals surface area contributed by atoms with Gasteiger partial charge in [0.15, 0.2) is 5.82 Å².